The third-order valence-corrected chi connectivity index (χ3v) is 5.89. The SMILES string of the molecule is CCS(=O)(=O)c1ccc2oc(-c3sccc3C)nc2c1. The summed E-state index contributed by atoms with van der Waals surface area (Å²) in [5, 5.41) is 1.98. The number of hydrogen-bond acceptors (Lipinski definition) is 5. The van der Waals surface area contributed by atoms with Gasteiger partial charge in [-0.3, -0.25) is 0 Å². The fourth-order valence-corrected chi connectivity index (χ4v) is 3.71. The molecule has 3 rings (SSSR count). The van der Waals surface area contributed by atoms with Crippen LogP contribution in [0.1, 0.15) is 12.5 Å². The molecule has 0 radical (unpaired) electrons. The molecule has 2 aromatic heterocycles. The molecule has 0 unspecified atom stereocenters. The lowest BCUT2D eigenvalue weighted by Crippen LogP contribution is -2.03. The predicted molar refractivity (Wildman–Crippen MR) is 79.8 cm³/mol. The standard InChI is InChI=1S/C14H13NO3S2/c1-3-20(16,17)10-4-5-12-11(8-10)15-14(18-12)13-9(2)6-7-19-13/h4-8H,3H2,1-2H3. The van der Waals surface area contributed by atoms with Crippen LogP contribution in [0.2, 0.25) is 0 Å². The molecule has 0 spiro atoms. The molecule has 3 aromatic rings. The van der Waals surface area contributed by atoms with E-state index in [2.05, 4.69) is 4.98 Å². The Balaban J connectivity index is 2.16. The van der Waals surface area contributed by atoms with Crippen LogP contribution in [0.25, 0.3) is 21.9 Å². The number of nitrogens with zero attached hydrogens (tertiary/aromatic N) is 1. The van der Waals surface area contributed by atoms with Crippen molar-refractivity contribution in [2.45, 2.75) is 18.7 Å². The van der Waals surface area contributed by atoms with Gasteiger partial charge < -0.3 is 4.42 Å². The maximum atomic E-state index is 11.9. The number of hydrogen-bond donors (Lipinski definition) is 0. The first-order valence-corrected chi connectivity index (χ1v) is 8.72. The third kappa shape index (κ3) is 2.14. The molecule has 0 atom stereocenters. The summed E-state index contributed by atoms with van der Waals surface area (Å²) in [7, 11) is -3.22. The van der Waals surface area contributed by atoms with E-state index in [1.165, 1.54) is 0 Å². The Kier molecular flexibility index (Phi) is 3.14. The summed E-state index contributed by atoms with van der Waals surface area (Å²) in [6.45, 7) is 3.62. The predicted octanol–water partition coefficient (Wildman–Crippen LogP) is 3.66. The van der Waals surface area contributed by atoms with E-state index >= 15 is 0 Å². The molecule has 0 bridgehead atoms. The maximum Gasteiger partial charge on any atom is 0.237 e. The summed E-state index contributed by atoms with van der Waals surface area (Å²) >= 11 is 1.56. The summed E-state index contributed by atoms with van der Waals surface area (Å²) in [6, 6.07) is 6.81. The molecule has 20 heavy (non-hydrogen) atoms. The molecule has 0 amide bonds. The van der Waals surface area contributed by atoms with Gasteiger partial charge in [-0.15, -0.1) is 11.3 Å². The van der Waals surface area contributed by atoms with Crippen molar-refractivity contribution < 1.29 is 12.8 Å². The van der Waals surface area contributed by atoms with Crippen molar-refractivity contribution in [1.82, 2.24) is 4.98 Å². The van der Waals surface area contributed by atoms with Crippen molar-refractivity contribution in [3.8, 4) is 10.8 Å². The second-order valence-electron chi connectivity index (χ2n) is 4.48. The molecule has 0 saturated heterocycles. The third-order valence-electron chi connectivity index (χ3n) is 3.15. The first kappa shape index (κ1) is 13.3. The van der Waals surface area contributed by atoms with Gasteiger partial charge in [-0.05, 0) is 42.1 Å². The topological polar surface area (TPSA) is 60.2 Å². The highest BCUT2D eigenvalue weighted by atomic mass is 32.2. The number of thiophene rings is 1. The molecule has 0 fully saturated rings. The fraction of sp³-hybridized carbons (Fsp3) is 0.214. The van der Waals surface area contributed by atoms with E-state index in [1.807, 2.05) is 18.4 Å². The van der Waals surface area contributed by atoms with E-state index < -0.39 is 9.84 Å². The first-order chi connectivity index (χ1) is 9.51. The number of aryl methyl sites for hydroxylation is 1. The van der Waals surface area contributed by atoms with E-state index in [0.717, 1.165) is 10.4 Å². The Morgan fingerprint density at radius 1 is 1.30 bits per heavy atom. The Morgan fingerprint density at radius 3 is 2.75 bits per heavy atom. The monoisotopic (exact) mass is 307 g/mol. The average Bonchev–Trinajstić information content (AvgIpc) is 3.02. The lowest BCUT2D eigenvalue weighted by atomic mass is 10.3. The van der Waals surface area contributed by atoms with Gasteiger partial charge in [0, 0.05) is 0 Å². The van der Waals surface area contributed by atoms with Gasteiger partial charge in [0.1, 0.15) is 5.52 Å². The number of benzene rings is 1. The maximum absolute atomic E-state index is 11.9. The lowest BCUT2D eigenvalue weighted by Gasteiger charge is -1.99. The van der Waals surface area contributed by atoms with Crippen LogP contribution in [0.4, 0.5) is 0 Å². The van der Waals surface area contributed by atoms with E-state index in [0.29, 0.717) is 17.0 Å². The van der Waals surface area contributed by atoms with Gasteiger partial charge in [0.25, 0.3) is 0 Å². The van der Waals surface area contributed by atoms with Crippen LogP contribution >= 0.6 is 11.3 Å². The van der Waals surface area contributed by atoms with Gasteiger partial charge in [-0.2, -0.15) is 0 Å². The van der Waals surface area contributed by atoms with Gasteiger partial charge in [0.15, 0.2) is 15.4 Å². The highest BCUT2D eigenvalue weighted by Crippen LogP contribution is 2.31. The normalized spacial score (nSPS) is 12.1. The summed E-state index contributed by atoms with van der Waals surface area (Å²) in [6.07, 6.45) is 0. The molecular formula is C14H13NO3S2. The second-order valence-corrected chi connectivity index (χ2v) is 7.68. The van der Waals surface area contributed by atoms with E-state index in [1.54, 1.807) is 36.5 Å². The van der Waals surface area contributed by atoms with Crippen molar-refractivity contribution in [3.05, 3.63) is 35.2 Å². The molecule has 104 valence electrons. The highest BCUT2D eigenvalue weighted by Gasteiger charge is 2.16. The molecule has 0 N–H and O–H groups in total. The minimum absolute atomic E-state index is 0.0766. The summed E-state index contributed by atoms with van der Waals surface area (Å²) in [4.78, 5) is 5.66. The van der Waals surface area contributed by atoms with Gasteiger partial charge in [0.05, 0.1) is 15.5 Å². The van der Waals surface area contributed by atoms with E-state index in [9.17, 15) is 8.42 Å². The molecule has 4 nitrogen and oxygen atoms in total. The molecule has 0 aliphatic carbocycles. The Morgan fingerprint density at radius 2 is 2.10 bits per heavy atom. The summed E-state index contributed by atoms with van der Waals surface area (Å²) in [5.74, 6) is 0.617. The van der Waals surface area contributed by atoms with Gasteiger partial charge in [-0.25, -0.2) is 13.4 Å². The molecule has 1 aromatic carbocycles. The van der Waals surface area contributed by atoms with Crippen LogP contribution in [0, 0.1) is 6.92 Å². The van der Waals surface area contributed by atoms with Gasteiger partial charge in [-0.1, -0.05) is 6.92 Å². The van der Waals surface area contributed by atoms with Crippen molar-refractivity contribution in [1.29, 1.82) is 0 Å². The van der Waals surface area contributed by atoms with Crippen molar-refractivity contribution in [2.24, 2.45) is 0 Å². The Labute approximate surface area is 121 Å². The van der Waals surface area contributed by atoms with E-state index in [4.69, 9.17) is 4.42 Å². The van der Waals surface area contributed by atoms with E-state index in [-0.39, 0.29) is 10.6 Å². The van der Waals surface area contributed by atoms with Crippen LogP contribution in [-0.2, 0) is 9.84 Å². The molecule has 0 saturated carbocycles. The molecule has 0 aliphatic heterocycles. The lowest BCUT2D eigenvalue weighted by molar-refractivity contribution is 0.597. The minimum Gasteiger partial charge on any atom is -0.435 e. The van der Waals surface area contributed by atoms with Crippen LogP contribution in [0.5, 0.6) is 0 Å². The van der Waals surface area contributed by atoms with Gasteiger partial charge in [0.2, 0.25) is 5.89 Å². The number of rotatable bonds is 3. The highest BCUT2D eigenvalue weighted by molar-refractivity contribution is 7.91. The second kappa shape index (κ2) is 4.71. The Bertz CT molecular complexity index is 875. The summed E-state index contributed by atoms with van der Waals surface area (Å²) < 4.78 is 29.5. The summed E-state index contributed by atoms with van der Waals surface area (Å²) in [5.41, 5.74) is 2.27. The zero-order valence-electron chi connectivity index (χ0n) is 11.1. The van der Waals surface area contributed by atoms with Crippen LogP contribution in [0.15, 0.2) is 39.0 Å². The van der Waals surface area contributed by atoms with Crippen LogP contribution < -0.4 is 0 Å². The average molecular weight is 307 g/mol. The number of aromatic nitrogens is 1. The number of fused-ring (bicyclic) bond motifs is 1. The van der Waals surface area contributed by atoms with Crippen molar-refractivity contribution in [2.75, 3.05) is 5.75 Å². The van der Waals surface area contributed by atoms with Crippen LogP contribution in [-0.4, -0.2) is 19.2 Å². The molecular weight excluding hydrogens is 294 g/mol. The van der Waals surface area contributed by atoms with Crippen molar-refractivity contribution in [3.63, 3.8) is 0 Å². The number of sulfone groups is 1. The Hall–Kier alpha value is -1.66. The smallest absolute Gasteiger partial charge is 0.237 e. The molecule has 0 aliphatic rings. The first-order valence-electron chi connectivity index (χ1n) is 6.19. The zero-order valence-corrected chi connectivity index (χ0v) is 12.7. The zero-order chi connectivity index (χ0) is 14.3. The minimum atomic E-state index is -3.22. The fourth-order valence-electron chi connectivity index (χ4n) is 1.96. The van der Waals surface area contributed by atoms with Crippen LogP contribution in [0.3, 0.4) is 0 Å². The quantitative estimate of drug-likeness (QED) is 0.741. The number of oxazole rings is 1. The van der Waals surface area contributed by atoms with Crippen molar-refractivity contribution >= 4 is 32.3 Å². The largest absolute Gasteiger partial charge is 0.435 e. The van der Waals surface area contributed by atoms with Gasteiger partial charge >= 0.3 is 0 Å². The molecule has 2 heterocycles. The molecule has 6 heteroatoms.